The number of phenols is 1. The normalized spacial score (nSPS) is 33.2. The van der Waals surface area contributed by atoms with Gasteiger partial charge in [0.25, 0.3) is 5.91 Å². The van der Waals surface area contributed by atoms with Crippen molar-refractivity contribution in [1.29, 1.82) is 0 Å². The molecule has 1 spiro atoms. The first-order valence-electron chi connectivity index (χ1n) is 12.9. The third-order valence-electron chi connectivity index (χ3n) is 9.36. The molecule has 1 saturated heterocycles. The molecule has 3 aliphatic carbocycles. The van der Waals surface area contributed by atoms with Gasteiger partial charge in [-0.1, -0.05) is 18.2 Å². The molecule has 2 heterocycles. The summed E-state index contributed by atoms with van der Waals surface area (Å²) in [6.45, 7) is 2.71. The van der Waals surface area contributed by atoms with Gasteiger partial charge in [-0.05, 0) is 86.2 Å². The van der Waals surface area contributed by atoms with Crippen LogP contribution in [0.1, 0.15) is 59.2 Å². The molecule has 3 fully saturated rings. The number of carbonyl (C=O) groups is 1. The first-order valence-corrected chi connectivity index (χ1v) is 12.9. The lowest BCUT2D eigenvalue weighted by Crippen LogP contribution is -2.69. The van der Waals surface area contributed by atoms with E-state index in [1.807, 2.05) is 24.3 Å². The number of aromatic hydroxyl groups is 1. The van der Waals surface area contributed by atoms with E-state index < -0.39 is 0 Å². The highest BCUT2D eigenvalue weighted by atomic mass is 16.5. The Morgan fingerprint density at radius 3 is 2.91 bits per heavy atom. The SMILES string of the molecule is NCc1cccc(C(=O)N[C@@H]2CCC3C4Cc5ccc(O)c6c5C3(CCN4CC3CC3)C2O6)c1. The summed E-state index contributed by atoms with van der Waals surface area (Å²) in [6.07, 6.45) is 6.66. The molecule has 7 rings (SSSR count). The molecule has 1 amide bonds. The predicted molar refractivity (Wildman–Crippen MR) is 129 cm³/mol. The molecule has 2 aromatic rings. The first kappa shape index (κ1) is 20.8. The molecule has 4 N–H and O–H groups in total. The number of benzene rings is 2. The van der Waals surface area contributed by atoms with Crippen molar-refractivity contribution in [3.63, 3.8) is 0 Å². The van der Waals surface area contributed by atoms with Crippen molar-refractivity contribution in [1.82, 2.24) is 10.2 Å². The number of phenolic OH excluding ortho intramolecular Hbond substituents is 1. The van der Waals surface area contributed by atoms with Crippen LogP contribution in [-0.2, 0) is 18.4 Å². The quantitative estimate of drug-likeness (QED) is 0.640. The van der Waals surface area contributed by atoms with Crippen molar-refractivity contribution < 1.29 is 14.6 Å². The van der Waals surface area contributed by atoms with E-state index in [4.69, 9.17) is 10.5 Å². The average Bonchev–Trinajstić information content (AvgIpc) is 3.60. The van der Waals surface area contributed by atoms with Crippen LogP contribution in [0.25, 0.3) is 0 Å². The van der Waals surface area contributed by atoms with Crippen molar-refractivity contribution in [2.24, 2.45) is 17.6 Å². The second-order valence-electron chi connectivity index (χ2n) is 11.2. The standard InChI is InChI=1S/C28H33N3O3/c29-14-17-2-1-3-19(12-17)27(33)30-21-8-7-20-22-13-18-6-9-23(32)25-24(18)28(20,26(21)34-25)10-11-31(22)15-16-4-5-16/h1-3,6,9,12,16,20-22,26,32H,4-5,7-8,10-11,13-15,29H2,(H,30,33)/t20?,21-,22?,26?,28?/m1/s1. The summed E-state index contributed by atoms with van der Waals surface area (Å²) in [6, 6.07) is 11.9. The molecule has 2 aliphatic heterocycles. The minimum Gasteiger partial charge on any atom is -0.504 e. The number of nitrogens with one attached hydrogen (secondary N) is 1. The molecule has 5 atom stereocenters. The summed E-state index contributed by atoms with van der Waals surface area (Å²) in [5, 5.41) is 14.1. The van der Waals surface area contributed by atoms with Crippen LogP contribution in [0, 0.1) is 11.8 Å². The topological polar surface area (TPSA) is 87.8 Å². The molecule has 178 valence electrons. The van der Waals surface area contributed by atoms with Crippen molar-refractivity contribution in [3.8, 4) is 11.5 Å². The van der Waals surface area contributed by atoms with Crippen LogP contribution < -0.4 is 15.8 Å². The van der Waals surface area contributed by atoms with Crippen LogP contribution in [-0.4, -0.2) is 47.2 Å². The van der Waals surface area contributed by atoms with Crippen LogP contribution in [0.4, 0.5) is 0 Å². The number of nitrogens with zero attached hydrogens (tertiary/aromatic N) is 1. The lowest BCUT2D eigenvalue weighted by molar-refractivity contribution is -0.0647. The van der Waals surface area contributed by atoms with E-state index in [1.165, 1.54) is 30.5 Å². The van der Waals surface area contributed by atoms with Crippen molar-refractivity contribution in [2.75, 3.05) is 13.1 Å². The average molecular weight is 460 g/mol. The Kier molecular flexibility index (Phi) is 4.56. The van der Waals surface area contributed by atoms with Gasteiger partial charge in [0.1, 0.15) is 6.10 Å². The van der Waals surface area contributed by atoms with E-state index in [0.717, 1.165) is 43.7 Å². The monoisotopic (exact) mass is 459 g/mol. The summed E-state index contributed by atoms with van der Waals surface area (Å²) in [5.41, 5.74) is 9.84. The number of piperidine rings is 1. The van der Waals surface area contributed by atoms with Gasteiger partial charge >= 0.3 is 0 Å². The molecular formula is C28H33N3O3. The third-order valence-corrected chi connectivity index (χ3v) is 9.36. The van der Waals surface area contributed by atoms with Gasteiger partial charge < -0.3 is 20.9 Å². The molecule has 0 radical (unpaired) electrons. The number of amides is 1. The van der Waals surface area contributed by atoms with E-state index in [9.17, 15) is 9.90 Å². The first-order chi connectivity index (χ1) is 16.6. The number of hydrogen-bond acceptors (Lipinski definition) is 5. The predicted octanol–water partition coefficient (Wildman–Crippen LogP) is 3.10. The zero-order valence-corrected chi connectivity index (χ0v) is 19.5. The molecule has 2 bridgehead atoms. The van der Waals surface area contributed by atoms with Crippen molar-refractivity contribution in [2.45, 2.75) is 68.7 Å². The molecular weight excluding hydrogens is 426 g/mol. The maximum absolute atomic E-state index is 13.3. The van der Waals surface area contributed by atoms with Gasteiger partial charge in [0.2, 0.25) is 0 Å². The van der Waals surface area contributed by atoms with Gasteiger partial charge in [-0.15, -0.1) is 0 Å². The maximum Gasteiger partial charge on any atom is 0.251 e. The van der Waals surface area contributed by atoms with Gasteiger partial charge in [-0.3, -0.25) is 9.69 Å². The second-order valence-corrected chi connectivity index (χ2v) is 11.2. The zero-order valence-electron chi connectivity index (χ0n) is 19.5. The van der Waals surface area contributed by atoms with E-state index >= 15 is 0 Å². The highest BCUT2D eigenvalue weighted by Crippen LogP contribution is 2.64. The van der Waals surface area contributed by atoms with Gasteiger partial charge in [0.05, 0.1) is 6.04 Å². The summed E-state index contributed by atoms with van der Waals surface area (Å²) in [7, 11) is 0. The van der Waals surface area contributed by atoms with Gasteiger partial charge in [-0.25, -0.2) is 0 Å². The highest BCUT2D eigenvalue weighted by Gasteiger charge is 2.66. The van der Waals surface area contributed by atoms with Crippen LogP contribution in [0.5, 0.6) is 11.5 Å². The van der Waals surface area contributed by atoms with Gasteiger partial charge in [0, 0.05) is 35.7 Å². The Hall–Kier alpha value is -2.57. The van der Waals surface area contributed by atoms with E-state index in [2.05, 4.69) is 16.3 Å². The summed E-state index contributed by atoms with van der Waals surface area (Å²) >= 11 is 0. The number of likely N-dealkylation sites (tertiary alicyclic amines) is 1. The molecule has 0 aromatic heterocycles. The Labute approximate surface area is 200 Å². The second kappa shape index (κ2) is 7.46. The molecule has 34 heavy (non-hydrogen) atoms. The Morgan fingerprint density at radius 2 is 2.09 bits per heavy atom. The van der Waals surface area contributed by atoms with E-state index in [-0.39, 0.29) is 29.2 Å². The fraction of sp³-hybridized carbons (Fsp3) is 0.536. The lowest BCUT2D eigenvalue weighted by atomic mass is 9.51. The fourth-order valence-electron chi connectivity index (χ4n) is 7.72. The molecule has 2 aromatic carbocycles. The Bertz CT molecular complexity index is 1160. The van der Waals surface area contributed by atoms with E-state index in [0.29, 0.717) is 29.8 Å². The minimum absolute atomic E-state index is 0.0716. The number of nitrogens with two attached hydrogens (primary N) is 1. The van der Waals surface area contributed by atoms with Crippen LogP contribution in [0.3, 0.4) is 0 Å². The third kappa shape index (κ3) is 2.91. The smallest absolute Gasteiger partial charge is 0.251 e. The summed E-state index contributed by atoms with van der Waals surface area (Å²) in [5.74, 6) is 2.22. The van der Waals surface area contributed by atoms with Crippen LogP contribution >= 0.6 is 0 Å². The fourth-order valence-corrected chi connectivity index (χ4v) is 7.72. The van der Waals surface area contributed by atoms with Crippen molar-refractivity contribution >= 4 is 5.91 Å². The molecule has 6 nitrogen and oxygen atoms in total. The lowest BCUT2D eigenvalue weighted by Gasteiger charge is -2.59. The number of hydrogen-bond donors (Lipinski definition) is 3. The van der Waals surface area contributed by atoms with E-state index in [1.54, 1.807) is 6.07 Å². The highest BCUT2D eigenvalue weighted by molar-refractivity contribution is 5.94. The molecule has 4 unspecified atom stereocenters. The largest absolute Gasteiger partial charge is 0.504 e. The molecule has 5 aliphatic rings. The molecule has 2 saturated carbocycles. The summed E-state index contributed by atoms with van der Waals surface area (Å²) in [4.78, 5) is 16.0. The van der Waals surface area contributed by atoms with Crippen molar-refractivity contribution in [3.05, 3.63) is 58.7 Å². The number of carbonyl (C=O) groups excluding carboxylic acids is 1. The Balaban J connectivity index is 1.24. The minimum atomic E-state index is -0.138. The number of ether oxygens (including phenoxy) is 1. The zero-order chi connectivity index (χ0) is 23.0. The van der Waals surface area contributed by atoms with Crippen LogP contribution in [0.2, 0.25) is 0 Å². The Morgan fingerprint density at radius 1 is 1.21 bits per heavy atom. The van der Waals surface area contributed by atoms with Crippen LogP contribution in [0.15, 0.2) is 36.4 Å². The van der Waals surface area contributed by atoms with Gasteiger partial charge in [-0.2, -0.15) is 0 Å². The maximum atomic E-state index is 13.3. The van der Waals surface area contributed by atoms with Gasteiger partial charge in [0.15, 0.2) is 11.5 Å². The number of rotatable bonds is 5. The molecule has 6 heteroatoms. The summed E-state index contributed by atoms with van der Waals surface area (Å²) < 4.78 is 6.63.